The summed E-state index contributed by atoms with van der Waals surface area (Å²) in [5.74, 6) is -0.272. The van der Waals surface area contributed by atoms with Crippen LogP contribution in [-0.4, -0.2) is 69.6 Å². The van der Waals surface area contributed by atoms with Gasteiger partial charge >= 0.3 is 0 Å². The van der Waals surface area contributed by atoms with Crippen LogP contribution in [0.5, 0.6) is 11.5 Å². The zero-order valence-electron chi connectivity index (χ0n) is 27.8. The van der Waals surface area contributed by atoms with E-state index in [1.54, 1.807) is 35.5 Å². The molecule has 0 aliphatic heterocycles. The van der Waals surface area contributed by atoms with Gasteiger partial charge in [0.05, 0.1) is 47.3 Å². The quantitative estimate of drug-likeness (QED) is 0.182. The van der Waals surface area contributed by atoms with E-state index < -0.39 is 34.0 Å². The van der Waals surface area contributed by atoms with Gasteiger partial charge in [-0.15, -0.1) is 0 Å². The summed E-state index contributed by atoms with van der Waals surface area (Å²) in [7, 11) is 3.78. The molecule has 1 fully saturated rings. The van der Waals surface area contributed by atoms with Crippen LogP contribution in [0, 0.1) is 11.8 Å². The highest BCUT2D eigenvalue weighted by molar-refractivity contribution is 6.87. The van der Waals surface area contributed by atoms with Gasteiger partial charge in [0.25, 0.3) is 0 Å². The summed E-state index contributed by atoms with van der Waals surface area (Å²) >= 11 is 0. The SMILES string of the molecule is COC1=C([Si](C)(C)C)C(=O)[C@@H]2C[C@H](O[Si](C(C)C)(C(C)C)C(C)C)[C@@H](c3ccc(OC)c(OC)c3)[C@@H]1C2(OC)OC. The monoisotopic (exact) mass is 606 g/mol. The number of ketones is 1. The number of allylic oxidation sites excluding steroid dienone is 1. The number of hydrogen-bond acceptors (Lipinski definition) is 7. The summed E-state index contributed by atoms with van der Waals surface area (Å²) in [5.41, 5.74) is 2.18. The maximum absolute atomic E-state index is 14.5. The largest absolute Gasteiger partial charge is 0.501 e. The molecule has 41 heavy (non-hydrogen) atoms. The predicted octanol–water partition coefficient (Wildman–Crippen LogP) is 7.33. The van der Waals surface area contributed by atoms with E-state index >= 15 is 0 Å². The van der Waals surface area contributed by atoms with E-state index in [0.29, 0.717) is 40.3 Å². The molecule has 2 aliphatic carbocycles. The number of methoxy groups -OCH3 is 5. The third-order valence-electron chi connectivity index (χ3n) is 9.70. The maximum atomic E-state index is 14.5. The van der Waals surface area contributed by atoms with E-state index in [9.17, 15) is 4.79 Å². The highest BCUT2D eigenvalue weighted by Crippen LogP contribution is 2.59. The molecule has 0 spiro atoms. The lowest BCUT2D eigenvalue weighted by Crippen LogP contribution is -2.66. The van der Waals surface area contributed by atoms with Crippen LogP contribution in [0.15, 0.2) is 29.2 Å². The summed E-state index contributed by atoms with van der Waals surface area (Å²) in [6, 6.07) is 6.07. The Bertz CT molecular complexity index is 1100. The summed E-state index contributed by atoms with van der Waals surface area (Å²) in [5, 5.41) is 0.837. The lowest BCUT2D eigenvalue weighted by Gasteiger charge is -2.58. The molecule has 0 radical (unpaired) electrons. The third kappa shape index (κ3) is 5.46. The van der Waals surface area contributed by atoms with Gasteiger partial charge in [-0.25, -0.2) is 0 Å². The molecule has 1 aromatic carbocycles. The second-order valence-corrected chi connectivity index (χ2v) is 24.0. The van der Waals surface area contributed by atoms with Gasteiger partial charge in [-0.3, -0.25) is 4.79 Å². The van der Waals surface area contributed by atoms with Crippen molar-refractivity contribution in [3.8, 4) is 11.5 Å². The molecule has 0 aromatic heterocycles. The molecule has 1 saturated carbocycles. The molecular formula is C32H54O7Si2. The number of carbonyl (C=O) groups is 1. The fraction of sp³-hybridized carbons (Fsp3) is 0.719. The van der Waals surface area contributed by atoms with Crippen molar-refractivity contribution in [1.82, 2.24) is 0 Å². The summed E-state index contributed by atoms with van der Waals surface area (Å²) < 4.78 is 37.8. The molecule has 3 rings (SSSR count). The minimum atomic E-state index is -2.35. The van der Waals surface area contributed by atoms with Crippen molar-refractivity contribution in [3.05, 3.63) is 34.7 Å². The zero-order chi connectivity index (χ0) is 31.1. The van der Waals surface area contributed by atoms with Crippen molar-refractivity contribution >= 4 is 22.2 Å². The Hall–Kier alpha value is -1.66. The molecule has 0 amide bonds. The molecule has 232 valence electrons. The smallest absolute Gasteiger partial charge is 0.200 e. The third-order valence-corrected chi connectivity index (χ3v) is 17.8. The number of carbonyl (C=O) groups excluding carboxylic acids is 1. The lowest BCUT2D eigenvalue weighted by molar-refractivity contribution is -0.290. The zero-order valence-corrected chi connectivity index (χ0v) is 29.8. The first-order valence-electron chi connectivity index (χ1n) is 15.0. The van der Waals surface area contributed by atoms with E-state index in [1.165, 1.54) is 0 Å². The fourth-order valence-electron chi connectivity index (χ4n) is 8.16. The van der Waals surface area contributed by atoms with Crippen LogP contribution in [0.25, 0.3) is 0 Å². The summed E-state index contributed by atoms with van der Waals surface area (Å²) in [6.07, 6.45) is 0.250. The van der Waals surface area contributed by atoms with Crippen molar-refractivity contribution in [2.45, 2.75) is 102 Å². The van der Waals surface area contributed by atoms with E-state index in [2.05, 4.69) is 67.2 Å². The average Bonchev–Trinajstić information content (AvgIpc) is 2.91. The number of rotatable bonds is 12. The number of fused-ring (bicyclic) bond motifs is 2. The van der Waals surface area contributed by atoms with Crippen LogP contribution in [0.1, 0.15) is 59.4 Å². The van der Waals surface area contributed by atoms with E-state index in [4.69, 9.17) is 28.1 Å². The van der Waals surface area contributed by atoms with Gasteiger partial charge in [0.1, 0.15) is 5.76 Å². The Kier molecular flexibility index (Phi) is 10.3. The molecule has 2 bridgehead atoms. The molecule has 0 N–H and O–H groups in total. The molecule has 0 heterocycles. The van der Waals surface area contributed by atoms with E-state index in [-0.39, 0.29) is 17.8 Å². The number of benzene rings is 1. The first kappa shape index (κ1) is 33.8. The van der Waals surface area contributed by atoms with Crippen LogP contribution in [-0.2, 0) is 23.4 Å². The molecule has 0 saturated heterocycles. The Morgan fingerprint density at radius 1 is 0.805 bits per heavy atom. The molecule has 0 unspecified atom stereocenters. The molecule has 1 aromatic rings. The van der Waals surface area contributed by atoms with Crippen molar-refractivity contribution in [3.63, 3.8) is 0 Å². The Morgan fingerprint density at radius 3 is 1.76 bits per heavy atom. The number of hydrogen-bond donors (Lipinski definition) is 0. The van der Waals surface area contributed by atoms with Crippen molar-refractivity contribution in [2.24, 2.45) is 11.8 Å². The number of Topliss-reactive ketones (excluding diaryl/α,β-unsaturated/α-hetero) is 1. The van der Waals surface area contributed by atoms with Gasteiger partial charge in [0.2, 0.25) is 8.32 Å². The van der Waals surface area contributed by atoms with Crippen LogP contribution in [0.2, 0.25) is 36.3 Å². The molecule has 2 aliphatic rings. The molecule has 9 heteroatoms. The topological polar surface area (TPSA) is 72.5 Å². The van der Waals surface area contributed by atoms with Crippen LogP contribution >= 0.6 is 0 Å². The second kappa shape index (κ2) is 12.5. The second-order valence-electron chi connectivity index (χ2n) is 13.6. The highest BCUT2D eigenvalue weighted by Gasteiger charge is 2.66. The highest BCUT2D eigenvalue weighted by atomic mass is 28.4. The van der Waals surface area contributed by atoms with Crippen LogP contribution < -0.4 is 9.47 Å². The van der Waals surface area contributed by atoms with E-state index in [0.717, 1.165) is 10.8 Å². The summed E-state index contributed by atoms with van der Waals surface area (Å²) in [6.45, 7) is 20.4. The average molecular weight is 607 g/mol. The van der Waals surface area contributed by atoms with Crippen molar-refractivity contribution in [2.75, 3.05) is 35.5 Å². The summed E-state index contributed by atoms with van der Waals surface area (Å²) in [4.78, 5) is 14.5. The molecule has 7 nitrogen and oxygen atoms in total. The van der Waals surface area contributed by atoms with Crippen LogP contribution in [0.4, 0.5) is 0 Å². The van der Waals surface area contributed by atoms with Gasteiger partial charge in [-0.2, -0.15) is 0 Å². The van der Waals surface area contributed by atoms with Gasteiger partial charge < -0.3 is 28.1 Å². The van der Waals surface area contributed by atoms with E-state index in [1.807, 2.05) is 12.1 Å². The lowest BCUT2D eigenvalue weighted by atomic mass is 9.60. The maximum Gasteiger partial charge on any atom is 0.200 e. The first-order valence-corrected chi connectivity index (χ1v) is 20.6. The van der Waals surface area contributed by atoms with Crippen LogP contribution in [0.3, 0.4) is 0 Å². The Balaban J connectivity index is 2.44. The standard InChI is InChI=1S/C32H54O7Si2/c1-19(2)41(20(3)4,21(5)6)39-26-18-23-29(33)31(40(12,13)14)30(36-9)28(32(23,37-10)38-11)27(26)22-15-16-24(34-7)25(17-22)35-8/h15-17,19-21,23,26-28H,18H2,1-14H3/t23-,26-,27+,28-/m0/s1. The fourth-order valence-corrected chi connectivity index (χ4v) is 15.7. The molecular weight excluding hydrogens is 553 g/mol. The van der Waals surface area contributed by atoms with Crippen molar-refractivity contribution in [1.29, 1.82) is 0 Å². The van der Waals surface area contributed by atoms with Gasteiger partial charge in [0.15, 0.2) is 23.1 Å². The minimum absolute atomic E-state index is 0.0752. The molecule has 4 atom stereocenters. The van der Waals surface area contributed by atoms with Gasteiger partial charge in [-0.05, 0) is 40.7 Å². The predicted molar refractivity (Wildman–Crippen MR) is 169 cm³/mol. The van der Waals surface area contributed by atoms with Gasteiger partial charge in [-0.1, -0.05) is 67.2 Å². The van der Waals surface area contributed by atoms with Crippen molar-refractivity contribution < 1.29 is 32.9 Å². The first-order chi connectivity index (χ1) is 19.1. The minimum Gasteiger partial charge on any atom is -0.501 e. The Labute approximate surface area is 250 Å². The normalized spacial score (nSPS) is 24.9. The Morgan fingerprint density at radius 2 is 1.34 bits per heavy atom. The van der Waals surface area contributed by atoms with Gasteiger partial charge in [0, 0.05) is 25.3 Å². The number of ether oxygens (including phenoxy) is 5.